The van der Waals surface area contributed by atoms with Crippen molar-refractivity contribution < 1.29 is 9.90 Å². The second kappa shape index (κ2) is 2.46. The van der Waals surface area contributed by atoms with E-state index in [9.17, 15) is 4.79 Å². The number of carboxylic acids is 1. The Morgan fingerprint density at radius 3 is 2.25 bits per heavy atom. The van der Waals surface area contributed by atoms with Crippen molar-refractivity contribution in [2.75, 3.05) is 0 Å². The van der Waals surface area contributed by atoms with Gasteiger partial charge in [0.25, 0.3) is 0 Å². The van der Waals surface area contributed by atoms with E-state index in [4.69, 9.17) is 10.8 Å². The molecule has 0 radical (unpaired) electrons. The fourth-order valence-electron chi connectivity index (χ4n) is 2.52. The Morgan fingerprint density at radius 1 is 1.42 bits per heavy atom. The number of hydrogen-bond donors (Lipinski definition) is 2. The van der Waals surface area contributed by atoms with Gasteiger partial charge < -0.3 is 10.8 Å². The molecule has 3 heteroatoms. The third kappa shape index (κ3) is 0.891. The first-order chi connectivity index (χ1) is 5.65. The van der Waals surface area contributed by atoms with Gasteiger partial charge in [0.2, 0.25) is 0 Å². The maximum absolute atomic E-state index is 11.0. The molecule has 3 N–H and O–H groups in total. The predicted octanol–water partition coefficient (Wildman–Crippen LogP) is 0.979. The largest absolute Gasteiger partial charge is 0.481 e. The van der Waals surface area contributed by atoms with Crippen LogP contribution in [0.5, 0.6) is 0 Å². The molecule has 0 heterocycles. The Morgan fingerprint density at radius 2 is 2.00 bits per heavy atom. The van der Waals surface area contributed by atoms with Crippen molar-refractivity contribution in [1.82, 2.24) is 0 Å². The molecule has 0 bridgehead atoms. The van der Waals surface area contributed by atoms with Crippen LogP contribution in [0.15, 0.2) is 0 Å². The van der Waals surface area contributed by atoms with Gasteiger partial charge in [-0.25, -0.2) is 0 Å². The minimum atomic E-state index is -0.617. The minimum absolute atomic E-state index is 0.140. The van der Waals surface area contributed by atoms with E-state index < -0.39 is 11.4 Å². The lowest BCUT2D eigenvalue weighted by Crippen LogP contribution is -2.56. The Kier molecular flexibility index (Phi) is 1.65. The molecular weight excluding hydrogens is 154 g/mol. The number of aliphatic carboxylic acids is 1. The van der Waals surface area contributed by atoms with Gasteiger partial charge in [0.15, 0.2) is 0 Å². The lowest BCUT2D eigenvalue weighted by molar-refractivity contribution is -0.165. The zero-order valence-corrected chi connectivity index (χ0v) is 7.12. The van der Waals surface area contributed by atoms with Crippen molar-refractivity contribution >= 4 is 5.97 Å². The first-order valence-electron chi connectivity index (χ1n) is 4.64. The lowest BCUT2D eigenvalue weighted by Gasteiger charge is -2.51. The summed E-state index contributed by atoms with van der Waals surface area (Å²) < 4.78 is 0. The average Bonchev–Trinajstić information content (AvgIpc) is 1.78. The zero-order chi connectivity index (χ0) is 8.77. The highest BCUT2D eigenvalue weighted by Crippen LogP contribution is 2.53. The lowest BCUT2D eigenvalue weighted by atomic mass is 9.53. The molecule has 0 amide bonds. The van der Waals surface area contributed by atoms with E-state index in [1.165, 1.54) is 6.42 Å². The van der Waals surface area contributed by atoms with Crippen LogP contribution < -0.4 is 5.73 Å². The molecule has 0 unspecified atom stereocenters. The van der Waals surface area contributed by atoms with Crippen LogP contribution >= 0.6 is 0 Å². The molecule has 2 aliphatic rings. The molecular formula is C9H15NO2. The van der Waals surface area contributed by atoms with Gasteiger partial charge in [-0.2, -0.15) is 0 Å². The minimum Gasteiger partial charge on any atom is -0.481 e. The number of hydrogen-bond acceptors (Lipinski definition) is 2. The van der Waals surface area contributed by atoms with Crippen LogP contribution in [-0.2, 0) is 4.79 Å². The third-order valence-electron chi connectivity index (χ3n) is 3.57. The van der Waals surface area contributed by atoms with Crippen molar-refractivity contribution in [3.63, 3.8) is 0 Å². The maximum atomic E-state index is 11.0. The van der Waals surface area contributed by atoms with Crippen LogP contribution in [-0.4, -0.2) is 17.1 Å². The summed E-state index contributed by atoms with van der Waals surface area (Å²) in [6.45, 7) is 0. The summed E-state index contributed by atoms with van der Waals surface area (Å²) in [5.41, 5.74) is 5.23. The van der Waals surface area contributed by atoms with Gasteiger partial charge in [-0.15, -0.1) is 0 Å². The number of nitrogens with two attached hydrogens (primary N) is 1. The molecule has 2 saturated carbocycles. The molecule has 12 heavy (non-hydrogen) atoms. The zero-order valence-electron chi connectivity index (χ0n) is 7.12. The monoisotopic (exact) mass is 169 g/mol. The fraction of sp³-hybridized carbons (Fsp3) is 0.889. The number of carbonyl (C=O) groups is 1. The van der Waals surface area contributed by atoms with E-state index in [1.54, 1.807) is 0 Å². The van der Waals surface area contributed by atoms with Gasteiger partial charge in [0, 0.05) is 6.04 Å². The van der Waals surface area contributed by atoms with Crippen molar-refractivity contribution in [3.05, 3.63) is 0 Å². The summed E-state index contributed by atoms with van der Waals surface area (Å²) >= 11 is 0. The molecule has 2 rings (SSSR count). The van der Waals surface area contributed by atoms with E-state index in [2.05, 4.69) is 0 Å². The van der Waals surface area contributed by atoms with Gasteiger partial charge in [-0.05, 0) is 31.6 Å². The van der Waals surface area contributed by atoms with Gasteiger partial charge >= 0.3 is 5.97 Å². The molecule has 0 spiro atoms. The van der Waals surface area contributed by atoms with E-state index in [0.717, 1.165) is 12.8 Å². The highest BCUT2D eigenvalue weighted by molar-refractivity contribution is 5.76. The normalized spacial score (nSPS) is 41.6. The Labute approximate surface area is 71.9 Å². The first-order valence-corrected chi connectivity index (χ1v) is 4.64. The maximum Gasteiger partial charge on any atom is 0.310 e. The van der Waals surface area contributed by atoms with Crippen LogP contribution in [0.4, 0.5) is 0 Å². The highest BCUT2D eigenvalue weighted by Gasteiger charge is 2.55. The SMILES string of the molecule is NC1CC(C(=O)O)(C2CCC2)C1. The smallest absolute Gasteiger partial charge is 0.310 e. The third-order valence-corrected chi connectivity index (χ3v) is 3.57. The number of rotatable bonds is 2. The van der Waals surface area contributed by atoms with Crippen molar-refractivity contribution in [3.8, 4) is 0 Å². The topological polar surface area (TPSA) is 63.3 Å². The van der Waals surface area contributed by atoms with Gasteiger partial charge in [-0.1, -0.05) is 6.42 Å². The summed E-state index contributed by atoms with van der Waals surface area (Å²) in [5.74, 6) is -0.191. The van der Waals surface area contributed by atoms with Gasteiger partial charge in [-0.3, -0.25) is 4.79 Å². The van der Waals surface area contributed by atoms with Gasteiger partial charge in [0.05, 0.1) is 5.41 Å². The second-order valence-corrected chi connectivity index (χ2v) is 4.26. The Bertz CT molecular complexity index is 205. The summed E-state index contributed by atoms with van der Waals surface area (Å²) in [6.07, 6.45) is 4.80. The predicted molar refractivity (Wildman–Crippen MR) is 44.6 cm³/mol. The molecule has 0 atom stereocenters. The standard InChI is InChI=1S/C9H15NO2/c10-7-4-9(5-7,8(11)12)6-2-1-3-6/h6-7H,1-5,10H2,(H,11,12). The van der Waals surface area contributed by atoms with E-state index in [1.807, 2.05) is 0 Å². The van der Waals surface area contributed by atoms with Crippen molar-refractivity contribution in [2.24, 2.45) is 17.1 Å². The van der Waals surface area contributed by atoms with Crippen LogP contribution in [0.3, 0.4) is 0 Å². The quantitative estimate of drug-likeness (QED) is 0.647. The van der Waals surface area contributed by atoms with E-state index in [-0.39, 0.29) is 6.04 Å². The average molecular weight is 169 g/mol. The summed E-state index contributed by atoms with van der Waals surface area (Å²) in [6, 6.07) is 0.140. The first kappa shape index (κ1) is 8.05. The molecule has 0 aromatic carbocycles. The molecule has 0 aromatic heterocycles. The fourth-order valence-corrected chi connectivity index (χ4v) is 2.52. The summed E-state index contributed by atoms with van der Waals surface area (Å²) in [5, 5.41) is 9.08. The van der Waals surface area contributed by atoms with Gasteiger partial charge in [0.1, 0.15) is 0 Å². The molecule has 0 aliphatic heterocycles. The van der Waals surface area contributed by atoms with Crippen LogP contribution in [0.1, 0.15) is 32.1 Å². The number of carboxylic acid groups (broad SMARTS) is 1. The molecule has 0 aromatic rings. The van der Waals surface area contributed by atoms with E-state index in [0.29, 0.717) is 18.8 Å². The molecule has 2 aliphatic carbocycles. The molecule has 2 fully saturated rings. The molecule has 3 nitrogen and oxygen atoms in total. The summed E-state index contributed by atoms with van der Waals surface area (Å²) in [7, 11) is 0. The second-order valence-electron chi connectivity index (χ2n) is 4.26. The van der Waals surface area contributed by atoms with E-state index >= 15 is 0 Å². The van der Waals surface area contributed by atoms with Crippen molar-refractivity contribution in [1.29, 1.82) is 0 Å². The van der Waals surface area contributed by atoms with Crippen LogP contribution in [0.2, 0.25) is 0 Å². The summed E-state index contributed by atoms with van der Waals surface area (Å²) in [4.78, 5) is 11.0. The highest BCUT2D eigenvalue weighted by atomic mass is 16.4. The molecule has 0 saturated heterocycles. The van der Waals surface area contributed by atoms with Crippen LogP contribution in [0, 0.1) is 11.3 Å². The Balaban J connectivity index is 2.07. The Hall–Kier alpha value is -0.570. The van der Waals surface area contributed by atoms with Crippen LogP contribution in [0.25, 0.3) is 0 Å². The molecule has 68 valence electrons. The van der Waals surface area contributed by atoms with Crippen molar-refractivity contribution in [2.45, 2.75) is 38.1 Å².